The van der Waals surface area contributed by atoms with Gasteiger partial charge in [-0.05, 0) is 36.1 Å². The summed E-state index contributed by atoms with van der Waals surface area (Å²) in [4.78, 5) is 2.83. The molecule has 1 aliphatic rings. The fourth-order valence-corrected chi connectivity index (χ4v) is 3.49. The number of hydrogen-bond donors (Lipinski definition) is 0. The van der Waals surface area contributed by atoms with Crippen LogP contribution in [-0.4, -0.2) is 0 Å². The zero-order valence-corrected chi connectivity index (χ0v) is 13.4. The molecule has 0 unspecified atom stereocenters. The number of rotatable bonds is 4. The first-order valence-corrected chi connectivity index (χ1v) is 8.46. The van der Waals surface area contributed by atoms with Gasteiger partial charge in [-0.15, -0.1) is 0 Å². The van der Waals surface area contributed by atoms with E-state index < -0.39 is 0 Å². The molecule has 0 bridgehead atoms. The minimum atomic E-state index is 0.952. The molecule has 1 aliphatic heterocycles. The molecule has 0 radical (unpaired) electrons. The van der Waals surface area contributed by atoms with Crippen LogP contribution in [0.4, 0.5) is 5.69 Å². The lowest BCUT2D eigenvalue weighted by molar-refractivity contribution is 0.795. The SMILES string of the molecule is CCCCc1ccc(C2=CSc3ccccc3N2C#N)cc1. The molecule has 0 aliphatic carbocycles. The Balaban J connectivity index is 1.89. The molecule has 0 saturated heterocycles. The third-order valence-electron chi connectivity index (χ3n) is 3.81. The molecule has 0 amide bonds. The number of anilines is 1. The smallest absolute Gasteiger partial charge is 0.189 e. The molecule has 2 aromatic carbocycles. The van der Waals surface area contributed by atoms with Crippen LogP contribution in [0.1, 0.15) is 30.9 Å². The highest BCUT2D eigenvalue weighted by Crippen LogP contribution is 2.41. The van der Waals surface area contributed by atoms with Crippen molar-refractivity contribution in [1.82, 2.24) is 0 Å². The highest BCUT2D eigenvalue weighted by Gasteiger charge is 2.21. The number of unbranched alkanes of at least 4 members (excludes halogenated alkanes) is 1. The highest BCUT2D eigenvalue weighted by atomic mass is 32.2. The fourth-order valence-electron chi connectivity index (χ4n) is 2.57. The van der Waals surface area contributed by atoms with Crippen molar-refractivity contribution in [1.29, 1.82) is 5.26 Å². The molecular formula is C19H18N2S. The van der Waals surface area contributed by atoms with Gasteiger partial charge in [0.25, 0.3) is 0 Å². The van der Waals surface area contributed by atoms with Crippen molar-refractivity contribution < 1.29 is 0 Å². The summed E-state index contributed by atoms with van der Waals surface area (Å²) in [6.45, 7) is 2.21. The Morgan fingerprint density at radius 3 is 2.59 bits per heavy atom. The average Bonchev–Trinajstić information content (AvgIpc) is 2.59. The molecule has 1 heterocycles. The first-order chi connectivity index (χ1) is 10.8. The third-order valence-corrected chi connectivity index (χ3v) is 4.75. The van der Waals surface area contributed by atoms with Crippen LogP contribution in [0.25, 0.3) is 5.70 Å². The van der Waals surface area contributed by atoms with E-state index in [1.807, 2.05) is 24.3 Å². The molecule has 2 aromatic rings. The van der Waals surface area contributed by atoms with E-state index in [-0.39, 0.29) is 0 Å². The van der Waals surface area contributed by atoms with Crippen molar-refractivity contribution in [2.24, 2.45) is 0 Å². The second kappa shape index (κ2) is 6.72. The lowest BCUT2D eigenvalue weighted by atomic mass is 10.0. The van der Waals surface area contributed by atoms with Crippen molar-refractivity contribution in [3.63, 3.8) is 0 Å². The van der Waals surface area contributed by atoms with Crippen LogP contribution in [0.2, 0.25) is 0 Å². The summed E-state index contributed by atoms with van der Waals surface area (Å²) in [6.07, 6.45) is 5.86. The maximum atomic E-state index is 9.57. The molecule has 0 N–H and O–H groups in total. The molecule has 0 fully saturated rings. The van der Waals surface area contributed by atoms with Crippen molar-refractivity contribution >= 4 is 23.1 Å². The van der Waals surface area contributed by atoms with Gasteiger partial charge in [-0.3, -0.25) is 0 Å². The number of nitriles is 1. The molecular weight excluding hydrogens is 288 g/mol. The van der Waals surface area contributed by atoms with Crippen LogP contribution in [0.5, 0.6) is 0 Å². The Kier molecular flexibility index (Phi) is 4.50. The number of thioether (sulfide) groups is 1. The van der Waals surface area contributed by atoms with E-state index >= 15 is 0 Å². The summed E-state index contributed by atoms with van der Waals surface area (Å²) >= 11 is 1.67. The van der Waals surface area contributed by atoms with Gasteiger partial charge in [-0.25, -0.2) is 4.90 Å². The Morgan fingerprint density at radius 1 is 1.09 bits per heavy atom. The van der Waals surface area contributed by atoms with Crippen molar-refractivity contribution in [3.8, 4) is 6.19 Å². The van der Waals surface area contributed by atoms with Crippen molar-refractivity contribution in [2.75, 3.05) is 4.90 Å². The van der Waals surface area contributed by atoms with E-state index in [0.717, 1.165) is 28.3 Å². The van der Waals surface area contributed by atoms with Crippen molar-refractivity contribution in [2.45, 2.75) is 31.1 Å². The minimum Gasteiger partial charge on any atom is -0.245 e. The molecule has 22 heavy (non-hydrogen) atoms. The monoisotopic (exact) mass is 306 g/mol. The molecule has 0 aromatic heterocycles. The van der Waals surface area contributed by atoms with Gasteiger partial charge in [0, 0.05) is 10.3 Å². The van der Waals surface area contributed by atoms with E-state index in [9.17, 15) is 5.26 Å². The predicted octanol–water partition coefficient (Wildman–Crippen LogP) is 5.42. The van der Waals surface area contributed by atoms with Gasteiger partial charge in [0.15, 0.2) is 6.19 Å². The third kappa shape index (κ3) is 2.88. The number of aryl methyl sites for hydroxylation is 1. The topological polar surface area (TPSA) is 27.0 Å². The van der Waals surface area contributed by atoms with E-state index in [4.69, 9.17) is 0 Å². The van der Waals surface area contributed by atoms with Crippen molar-refractivity contribution in [3.05, 3.63) is 65.1 Å². The summed E-state index contributed by atoms with van der Waals surface area (Å²) in [5.74, 6) is 0. The molecule has 0 atom stereocenters. The Morgan fingerprint density at radius 2 is 1.86 bits per heavy atom. The van der Waals surface area contributed by atoms with Gasteiger partial charge in [0.05, 0.1) is 11.4 Å². The quantitative estimate of drug-likeness (QED) is 0.706. The normalized spacial score (nSPS) is 13.3. The molecule has 110 valence electrons. The van der Waals surface area contributed by atoms with Gasteiger partial charge in [0.2, 0.25) is 0 Å². The second-order valence-corrected chi connectivity index (χ2v) is 6.24. The summed E-state index contributed by atoms with van der Waals surface area (Å²) in [5.41, 5.74) is 4.36. The maximum Gasteiger partial charge on any atom is 0.189 e. The van der Waals surface area contributed by atoms with Crippen LogP contribution in [0, 0.1) is 11.5 Å². The molecule has 0 saturated carbocycles. The summed E-state index contributed by atoms with van der Waals surface area (Å²) in [6, 6.07) is 16.6. The summed E-state index contributed by atoms with van der Waals surface area (Å²) in [7, 11) is 0. The van der Waals surface area contributed by atoms with Crippen LogP contribution < -0.4 is 4.90 Å². The van der Waals surface area contributed by atoms with Gasteiger partial charge in [0.1, 0.15) is 0 Å². The van der Waals surface area contributed by atoms with Crippen LogP contribution in [0.3, 0.4) is 0 Å². The molecule has 3 heteroatoms. The molecule has 3 rings (SSSR count). The Hall–Kier alpha value is -2.18. The first kappa shape index (κ1) is 14.7. The maximum absolute atomic E-state index is 9.57. The Bertz CT molecular complexity index is 726. The molecule has 2 nitrogen and oxygen atoms in total. The largest absolute Gasteiger partial charge is 0.245 e. The number of benzene rings is 2. The highest BCUT2D eigenvalue weighted by molar-refractivity contribution is 8.02. The number of para-hydroxylation sites is 1. The van der Waals surface area contributed by atoms with Crippen LogP contribution in [0.15, 0.2) is 58.8 Å². The van der Waals surface area contributed by atoms with Crippen LogP contribution in [-0.2, 0) is 6.42 Å². The predicted molar refractivity (Wildman–Crippen MR) is 93.4 cm³/mol. The van der Waals surface area contributed by atoms with Gasteiger partial charge in [-0.2, -0.15) is 5.26 Å². The number of fused-ring (bicyclic) bond motifs is 1. The van der Waals surface area contributed by atoms with Gasteiger partial charge >= 0.3 is 0 Å². The standard InChI is InChI=1S/C19H18N2S/c1-2-3-6-15-9-11-16(12-10-15)18-13-22-19-8-5-4-7-17(19)21(18)14-20/h4-5,7-13H,2-3,6H2,1H3. The second-order valence-electron chi connectivity index (χ2n) is 5.32. The first-order valence-electron chi connectivity index (χ1n) is 7.58. The fraction of sp³-hybridized carbons (Fsp3) is 0.211. The molecule has 0 spiro atoms. The number of hydrogen-bond acceptors (Lipinski definition) is 3. The van der Waals surface area contributed by atoms with E-state index in [0.29, 0.717) is 0 Å². The minimum absolute atomic E-state index is 0.952. The lowest BCUT2D eigenvalue weighted by Gasteiger charge is -2.25. The van der Waals surface area contributed by atoms with Gasteiger partial charge in [-0.1, -0.05) is 61.5 Å². The summed E-state index contributed by atoms with van der Waals surface area (Å²) < 4.78 is 0. The average molecular weight is 306 g/mol. The van der Waals surface area contributed by atoms with Gasteiger partial charge < -0.3 is 0 Å². The summed E-state index contributed by atoms with van der Waals surface area (Å²) in [5, 5.41) is 11.6. The van der Waals surface area contributed by atoms with E-state index in [2.05, 4.69) is 42.8 Å². The van der Waals surface area contributed by atoms with E-state index in [1.165, 1.54) is 18.4 Å². The number of nitrogens with zero attached hydrogens (tertiary/aromatic N) is 2. The lowest BCUT2D eigenvalue weighted by Crippen LogP contribution is -2.17. The zero-order valence-electron chi connectivity index (χ0n) is 12.6. The van der Waals surface area contributed by atoms with Crippen LogP contribution >= 0.6 is 11.8 Å². The zero-order chi connectivity index (χ0) is 15.4. The Labute approximate surface area is 136 Å². The van der Waals surface area contributed by atoms with E-state index in [1.54, 1.807) is 16.7 Å².